The first-order valence-corrected chi connectivity index (χ1v) is 10.3. The van der Waals surface area contributed by atoms with Gasteiger partial charge in [-0.25, -0.2) is 14.7 Å². The predicted octanol–water partition coefficient (Wildman–Crippen LogP) is -4.26. The van der Waals surface area contributed by atoms with Crippen molar-refractivity contribution in [2.75, 3.05) is 14.7 Å². The second-order valence-electron chi connectivity index (χ2n) is 7.90. The summed E-state index contributed by atoms with van der Waals surface area (Å²) in [5.41, 5.74) is -8.41. The number of amides is 6. The van der Waals surface area contributed by atoms with Gasteiger partial charge in [-0.1, -0.05) is 0 Å². The number of carbonyl (C=O) groups excluding carboxylic acids is 9. The van der Waals surface area contributed by atoms with Gasteiger partial charge in [-0.3, -0.25) is 28.8 Å². The summed E-state index contributed by atoms with van der Waals surface area (Å²) < 4.78 is 0. The van der Waals surface area contributed by atoms with E-state index >= 15 is 0 Å². The highest BCUT2D eigenvalue weighted by atomic mass is 16.4. The van der Waals surface area contributed by atoms with Gasteiger partial charge in [-0.15, -0.1) is 0 Å². The number of anilines is 3. The van der Waals surface area contributed by atoms with Gasteiger partial charge in [0, 0.05) is 55.2 Å². The number of carbonyl (C=O) groups is 9. The van der Waals surface area contributed by atoms with Crippen LogP contribution in [0.25, 0.3) is 0 Å². The number of nitrogens with zero attached hydrogens (tertiary/aromatic N) is 3. The molecule has 6 amide bonds. The summed E-state index contributed by atoms with van der Waals surface area (Å²) in [7, 11) is 0. The number of benzene rings is 1. The van der Waals surface area contributed by atoms with Crippen molar-refractivity contribution in [2.45, 2.75) is 38.5 Å². The maximum Gasteiger partial charge on any atom is 0.234 e. The molecule has 36 heavy (non-hydrogen) atoms. The van der Waals surface area contributed by atoms with Crippen LogP contribution in [0.3, 0.4) is 0 Å². The van der Waals surface area contributed by atoms with Crippen molar-refractivity contribution in [1.29, 1.82) is 0 Å². The number of rotatable bonds is 6. The molecule has 15 heteroatoms. The molecule has 0 atom stereocenters. The molecule has 0 saturated carbocycles. The van der Waals surface area contributed by atoms with Crippen LogP contribution in [-0.4, -0.2) is 53.4 Å². The van der Waals surface area contributed by atoms with Crippen LogP contribution in [0.1, 0.15) is 69.6 Å². The van der Waals surface area contributed by atoms with Gasteiger partial charge in [-0.05, 0) is 0 Å². The number of carboxylic acid groups (broad SMARTS) is 3. The molecular weight excluding hydrogens is 486 g/mol. The Hall–Kier alpha value is -4.95. The van der Waals surface area contributed by atoms with Crippen molar-refractivity contribution in [2.24, 2.45) is 0 Å². The lowest BCUT2D eigenvalue weighted by atomic mass is 9.93. The van der Waals surface area contributed by atoms with Gasteiger partial charge in [0.2, 0.25) is 35.4 Å². The van der Waals surface area contributed by atoms with Crippen LogP contribution in [0, 0.1) is 0 Å². The zero-order valence-corrected chi connectivity index (χ0v) is 18.0. The smallest absolute Gasteiger partial charge is 0.234 e. The maximum atomic E-state index is 12.5. The minimum absolute atomic E-state index is 0.0956. The third kappa shape index (κ3) is 3.40. The Morgan fingerprint density at radius 2 is 0.583 bits per heavy atom. The summed E-state index contributed by atoms with van der Waals surface area (Å²) in [6.45, 7) is 0. The Balaban J connectivity index is 2.32. The van der Waals surface area contributed by atoms with Crippen LogP contribution in [0.2, 0.25) is 0 Å². The largest absolute Gasteiger partial charge is 0.545 e. The highest BCUT2D eigenvalue weighted by Crippen LogP contribution is 2.47. The molecule has 0 aromatic heterocycles. The molecule has 4 rings (SSSR count). The molecule has 0 bridgehead atoms. The Bertz CT molecular complexity index is 1130. The number of hydrogen-bond donors (Lipinski definition) is 0. The molecule has 0 unspecified atom stereocenters. The van der Waals surface area contributed by atoms with Crippen molar-refractivity contribution in [3.05, 3.63) is 16.7 Å². The normalized spacial score (nSPS) is 18.2. The van der Waals surface area contributed by atoms with Crippen LogP contribution in [-0.2, 0) is 28.8 Å². The summed E-state index contributed by atoms with van der Waals surface area (Å²) in [6.07, 6.45) is -3.04. The molecule has 3 aliphatic heterocycles. The molecular formula is C21H12N3O12-3. The van der Waals surface area contributed by atoms with Crippen LogP contribution >= 0.6 is 0 Å². The Morgan fingerprint density at radius 3 is 0.722 bits per heavy atom. The third-order valence-corrected chi connectivity index (χ3v) is 5.86. The monoisotopic (exact) mass is 498 g/mol. The van der Waals surface area contributed by atoms with Crippen molar-refractivity contribution < 1.29 is 58.5 Å². The Labute approximate surface area is 199 Å². The van der Waals surface area contributed by atoms with E-state index in [9.17, 15) is 58.5 Å². The van der Waals surface area contributed by atoms with E-state index in [1.807, 2.05) is 0 Å². The minimum Gasteiger partial charge on any atom is -0.545 e. The highest BCUT2D eigenvalue weighted by molar-refractivity contribution is 6.34. The summed E-state index contributed by atoms with van der Waals surface area (Å²) in [5.74, 6) is -13.9. The lowest BCUT2D eigenvalue weighted by molar-refractivity contribution is -0.255. The molecule has 3 aliphatic rings. The predicted molar refractivity (Wildman–Crippen MR) is 105 cm³/mol. The number of imide groups is 3. The minimum atomic E-state index is -2.38. The molecule has 1 aromatic rings. The molecule has 3 saturated heterocycles. The molecule has 0 N–H and O–H groups in total. The zero-order chi connectivity index (χ0) is 26.6. The van der Waals surface area contributed by atoms with Crippen molar-refractivity contribution in [3.8, 4) is 0 Å². The summed E-state index contributed by atoms with van der Waals surface area (Å²) in [4.78, 5) is 112. The van der Waals surface area contributed by atoms with E-state index in [-0.39, 0.29) is 14.7 Å². The van der Waals surface area contributed by atoms with Crippen molar-refractivity contribution in [1.82, 2.24) is 0 Å². The van der Waals surface area contributed by atoms with Gasteiger partial charge < -0.3 is 29.7 Å². The maximum absolute atomic E-state index is 12.5. The number of hydrogen-bond acceptors (Lipinski definition) is 12. The first-order chi connectivity index (χ1) is 16.9. The molecule has 186 valence electrons. The van der Waals surface area contributed by atoms with E-state index < -0.39 is 126 Å². The van der Waals surface area contributed by atoms with Crippen LogP contribution in [0.15, 0.2) is 0 Å². The molecule has 3 heterocycles. The van der Waals surface area contributed by atoms with E-state index in [0.717, 1.165) is 0 Å². The van der Waals surface area contributed by atoms with E-state index in [2.05, 4.69) is 0 Å². The lowest BCUT2D eigenvalue weighted by Crippen LogP contribution is -2.44. The first kappa shape index (κ1) is 24.2. The van der Waals surface area contributed by atoms with Crippen LogP contribution < -0.4 is 30.0 Å². The molecule has 15 nitrogen and oxygen atoms in total. The summed E-state index contributed by atoms with van der Waals surface area (Å²) >= 11 is 0. The van der Waals surface area contributed by atoms with Gasteiger partial charge in [0.05, 0.1) is 35.0 Å². The molecule has 1 aromatic carbocycles. The van der Waals surface area contributed by atoms with Gasteiger partial charge in [-0.2, -0.15) is 0 Å². The second kappa shape index (κ2) is 8.37. The fourth-order valence-electron chi connectivity index (χ4n) is 4.44. The molecule has 0 spiro atoms. The highest BCUT2D eigenvalue weighted by Gasteiger charge is 2.45. The zero-order valence-electron chi connectivity index (χ0n) is 18.0. The van der Waals surface area contributed by atoms with E-state index in [1.54, 1.807) is 0 Å². The third-order valence-electron chi connectivity index (χ3n) is 5.86. The Morgan fingerprint density at radius 1 is 0.417 bits per heavy atom. The summed E-state index contributed by atoms with van der Waals surface area (Å²) in [5, 5.41) is 36.9. The SMILES string of the molecule is O=C([O-])c1c(N2C(=O)CCC2=O)c(C(=O)[O-])c(N2C(=O)CCC2=O)c(C(=O)[O-])c1N1C(=O)CCC1=O. The van der Waals surface area contributed by atoms with Crippen molar-refractivity contribution in [3.63, 3.8) is 0 Å². The van der Waals surface area contributed by atoms with E-state index in [1.165, 1.54) is 0 Å². The standard InChI is InChI=1S/C21H15N3O12/c25-7-1-2-8(26)22(7)16-13(19(31)32)17(23-9(27)3-4-10(23)28)15(21(35)36)18(14(16)20(33)34)24-11(29)5-6-12(24)30/h1-6H2,(H,31,32)(H,33,34)(H,35,36)/p-3. The Kier molecular flexibility index (Phi) is 5.62. The van der Waals surface area contributed by atoms with Gasteiger partial charge in [0.15, 0.2) is 0 Å². The van der Waals surface area contributed by atoms with Crippen molar-refractivity contribution >= 4 is 70.4 Å². The lowest BCUT2D eigenvalue weighted by Gasteiger charge is -2.34. The first-order valence-electron chi connectivity index (χ1n) is 10.3. The van der Waals surface area contributed by atoms with Crippen LogP contribution in [0.4, 0.5) is 17.1 Å². The topological polar surface area (TPSA) is 233 Å². The number of carboxylic acids is 3. The molecule has 0 radical (unpaired) electrons. The van der Waals surface area contributed by atoms with E-state index in [4.69, 9.17) is 0 Å². The van der Waals surface area contributed by atoms with Gasteiger partial charge in [0.25, 0.3) is 0 Å². The summed E-state index contributed by atoms with van der Waals surface area (Å²) in [6, 6.07) is 0. The quantitative estimate of drug-likeness (QED) is 0.339. The average Bonchev–Trinajstić information content (AvgIpc) is 3.41. The second-order valence-corrected chi connectivity index (χ2v) is 7.90. The molecule has 0 aliphatic carbocycles. The fourth-order valence-corrected chi connectivity index (χ4v) is 4.44. The number of aromatic carboxylic acids is 3. The molecule has 3 fully saturated rings. The average molecular weight is 498 g/mol. The van der Waals surface area contributed by atoms with Crippen LogP contribution in [0.5, 0.6) is 0 Å². The van der Waals surface area contributed by atoms with Gasteiger partial charge >= 0.3 is 0 Å². The fraction of sp³-hybridized carbons (Fsp3) is 0.286. The van der Waals surface area contributed by atoms with E-state index in [0.29, 0.717) is 0 Å². The van der Waals surface area contributed by atoms with Gasteiger partial charge in [0.1, 0.15) is 0 Å².